The van der Waals surface area contributed by atoms with Gasteiger partial charge in [0.2, 0.25) is 5.76 Å². The Hall–Kier alpha value is -3.02. The van der Waals surface area contributed by atoms with Gasteiger partial charge in [0.05, 0.1) is 6.54 Å². The topological polar surface area (TPSA) is 98.9 Å². The van der Waals surface area contributed by atoms with Crippen LogP contribution in [0.5, 0.6) is 0 Å². The quantitative estimate of drug-likeness (QED) is 0.902. The van der Waals surface area contributed by atoms with Crippen LogP contribution in [0, 0.1) is 11.3 Å². The van der Waals surface area contributed by atoms with E-state index in [1.165, 1.54) is 12.1 Å². The lowest BCUT2D eigenvalue weighted by Gasteiger charge is -2.07. The predicted molar refractivity (Wildman–Crippen MR) is 66.7 cm³/mol. The summed E-state index contributed by atoms with van der Waals surface area (Å²) >= 11 is 0. The molecule has 0 aliphatic rings. The van der Waals surface area contributed by atoms with Crippen LogP contribution < -0.4 is 10.9 Å². The first-order valence-corrected chi connectivity index (χ1v) is 5.89. The number of alkyl halides is 3. The molecule has 0 saturated heterocycles. The minimum atomic E-state index is -4.79. The van der Waals surface area contributed by atoms with Crippen molar-refractivity contribution < 1.29 is 22.4 Å². The van der Waals surface area contributed by atoms with E-state index in [0.29, 0.717) is 11.8 Å². The van der Waals surface area contributed by atoms with Gasteiger partial charge in [0.15, 0.2) is 0 Å². The third kappa shape index (κ3) is 3.35. The number of nitrogens with zero attached hydrogens (tertiary/aromatic N) is 1. The number of carbonyl (C=O) groups excluding carboxylic acids is 1. The molecule has 0 atom stereocenters. The minimum Gasteiger partial charge on any atom is -0.449 e. The Morgan fingerprint density at radius 1 is 1.32 bits per heavy atom. The van der Waals surface area contributed by atoms with E-state index in [-0.39, 0.29) is 18.0 Å². The van der Waals surface area contributed by atoms with Crippen molar-refractivity contribution in [2.45, 2.75) is 12.7 Å². The van der Waals surface area contributed by atoms with Gasteiger partial charge in [-0.1, -0.05) is 0 Å². The van der Waals surface area contributed by atoms with Gasteiger partial charge in [-0.15, -0.1) is 0 Å². The number of hydrogen-bond acceptors (Lipinski definition) is 4. The largest absolute Gasteiger partial charge is 0.449 e. The molecular weight excluding hydrogens is 303 g/mol. The first-order valence-electron chi connectivity index (χ1n) is 5.89. The van der Waals surface area contributed by atoms with Gasteiger partial charge in [0, 0.05) is 0 Å². The van der Waals surface area contributed by atoms with Crippen LogP contribution in [-0.2, 0) is 12.7 Å². The second kappa shape index (κ2) is 5.77. The molecule has 114 valence electrons. The highest BCUT2D eigenvalue weighted by atomic mass is 19.4. The standard InChI is InChI=1S/C13H8F3N3O3/c14-13(15,16)9-3-4-10(19-11(9)20)12(21)18-6-8-2-1-7(5-17)22-8/h1-4H,6H2,(H,18,21)(H,19,20). The molecule has 6 nitrogen and oxygen atoms in total. The maximum absolute atomic E-state index is 12.4. The van der Waals surface area contributed by atoms with Crippen LogP contribution in [-0.4, -0.2) is 10.9 Å². The number of rotatable bonds is 3. The van der Waals surface area contributed by atoms with Gasteiger partial charge >= 0.3 is 6.18 Å². The zero-order valence-corrected chi connectivity index (χ0v) is 10.8. The molecule has 0 aromatic carbocycles. The highest BCUT2D eigenvalue weighted by Gasteiger charge is 2.34. The summed E-state index contributed by atoms with van der Waals surface area (Å²) in [5.74, 6) is -0.424. The lowest BCUT2D eigenvalue weighted by atomic mass is 10.2. The van der Waals surface area contributed by atoms with E-state index < -0.39 is 23.2 Å². The van der Waals surface area contributed by atoms with E-state index in [1.807, 2.05) is 4.98 Å². The van der Waals surface area contributed by atoms with E-state index >= 15 is 0 Å². The third-order valence-corrected chi connectivity index (χ3v) is 2.65. The molecule has 22 heavy (non-hydrogen) atoms. The van der Waals surface area contributed by atoms with E-state index in [0.717, 1.165) is 6.07 Å². The molecule has 0 aliphatic heterocycles. The fraction of sp³-hybridized carbons (Fsp3) is 0.154. The number of nitriles is 1. The summed E-state index contributed by atoms with van der Waals surface area (Å²) in [6, 6.07) is 6.03. The van der Waals surface area contributed by atoms with Gasteiger partial charge in [-0.3, -0.25) is 9.59 Å². The minimum absolute atomic E-state index is 0.0622. The van der Waals surface area contributed by atoms with Crippen LogP contribution in [0.3, 0.4) is 0 Å². The molecule has 0 aliphatic carbocycles. The van der Waals surface area contributed by atoms with Crippen molar-refractivity contribution in [3.8, 4) is 6.07 Å². The van der Waals surface area contributed by atoms with Crippen LogP contribution in [0.25, 0.3) is 0 Å². The molecule has 0 fully saturated rings. The van der Waals surface area contributed by atoms with Crippen LogP contribution >= 0.6 is 0 Å². The molecule has 0 saturated carbocycles. The van der Waals surface area contributed by atoms with Crippen molar-refractivity contribution in [1.29, 1.82) is 5.26 Å². The highest BCUT2D eigenvalue weighted by Crippen LogP contribution is 2.25. The Morgan fingerprint density at radius 3 is 2.59 bits per heavy atom. The van der Waals surface area contributed by atoms with Crippen LogP contribution in [0.1, 0.15) is 27.6 Å². The van der Waals surface area contributed by atoms with Gasteiger partial charge < -0.3 is 14.7 Å². The summed E-state index contributed by atoms with van der Waals surface area (Å²) in [6.45, 7) is -0.0798. The molecule has 0 radical (unpaired) electrons. The summed E-state index contributed by atoms with van der Waals surface area (Å²) < 4.78 is 42.3. The van der Waals surface area contributed by atoms with E-state index in [2.05, 4.69) is 5.32 Å². The normalized spacial score (nSPS) is 11.0. The van der Waals surface area contributed by atoms with Crippen molar-refractivity contribution in [2.75, 3.05) is 0 Å². The summed E-state index contributed by atoms with van der Waals surface area (Å²) in [7, 11) is 0. The van der Waals surface area contributed by atoms with Crippen molar-refractivity contribution in [2.24, 2.45) is 0 Å². The lowest BCUT2D eigenvalue weighted by Crippen LogP contribution is -2.28. The fourth-order valence-electron chi connectivity index (χ4n) is 1.62. The second-order valence-corrected chi connectivity index (χ2v) is 4.17. The smallest absolute Gasteiger partial charge is 0.421 e. The van der Waals surface area contributed by atoms with Crippen molar-refractivity contribution >= 4 is 5.91 Å². The number of halogens is 3. The molecule has 0 bridgehead atoms. The monoisotopic (exact) mass is 311 g/mol. The molecule has 0 unspecified atom stereocenters. The average Bonchev–Trinajstić information content (AvgIpc) is 2.91. The van der Waals surface area contributed by atoms with E-state index in [9.17, 15) is 22.8 Å². The Labute approximate surface area is 121 Å². The van der Waals surface area contributed by atoms with Crippen LogP contribution in [0.15, 0.2) is 33.5 Å². The molecule has 1 amide bonds. The Bertz CT molecular complexity index is 799. The first kappa shape index (κ1) is 15.4. The molecule has 2 heterocycles. The number of amides is 1. The molecule has 2 aromatic rings. The van der Waals surface area contributed by atoms with Crippen LogP contribution in [0.4, 0.5) is 13.2 Å². The van der Waals surface area contributed by atoms with Crippen molar-refractivity contribution in [3.05, 3.63) is 57.4 Å². The van der Waals surface area contributed by atoms with Crippen LogP contribution in [0.2, 0.25) is 0 Å². The van der Waals surface area contributed by atoms with Gasteiger partial charge in [0.25, 0.3) is 11.5 Å². The average molecular weight is 311 g/mol. The summed E-state index contributed by atoms with van der Waals surface area (Å²) in [5.41, 5.74) is -3.09. The summed E-state index contributed by atoms with van der Waals surface area (Å²) in [5, 5.41) is 10.9. The number of aromatic amines is 1. The van der Waals surface area contributed by atoms with E-state index in [4.69, 9.17) is 9.68 Å². The van der Waals surface area contributed by atoms with E-state index in [1.54, 1.807) is 6.07 Å². The number of H-pyrrole nitrogens is 1. The molecular formula is C13H8F3N3O3. The molecule has 2 aromatic heterocycles. The number of hydrogen-bond donors (Lipinski definition) is 2. The number of aromatic nitrogens is 1. The third-order valence-electron chi connectivity index (χ3n) is 2.65. The van der Waals surface area contributed by atoms with Crippen molar-refractivity contribution in [1.82, 2.24) is 10.3 Å². The second-order valence-electron chi connectivity index (χ2n) is 4.17. The van der Waals surface area contributed by atoms with Gasteiger partial charge in [-0.05, 0) is 24.3 Å². The number of furan rings is 1. The summed E-state index contributed by atoms with van der Waals surface area (Å²) in [6.07, 6.45) is -4.79. The lowest BCUT2D eigenvalue weighted by molar-refractivity contribution is -0.138. The van der Waals surface area contributed by atoms with Crippen molar-refractivity contribution in [3.63, 3.8) is 0 Å². The summed E-state index contributed by atoms with van der Waals surface area (Å²) in [4.78, 5) is 24.9. The first-order chi connectivity index (χ1) is 10.3. The Kier molecular flexibility index (Phi) is 4.03. The van der Waals surface area contributed by atoms with Gasteiger partial charge in [-0.25, -0.2) is 0 Å². The number of pyridine rings is 1. The molecule has 2 rings (SSSR count). The van der Waals surface area contributed by atoms with Gasteiger partial charge in [-0.2, -0.15) is 18.4 Å². The molecule has 9 heteroatoms. The zero-order valence-electron chi connectivity index (χ0n) is 10.8. The predicted octanol–water partition coefficient (Wildman–Crippen LogP) is 1.79. The highest BCUT2D eigenvalue weighted by molar-refractivity contribution is 5.92. The molecule has 2 N–H and O–H groups in total. The maximum Gasteiger partial charge on any atom is 0.421 e. The number of carbonyl (C=O) groups is 1. The maximum atomic E-state index is 12.4. The fourth-order valence-corrected chi connectivity index (χ4v) is 1.62. The Morgan fingerprint density at radius 2 is 2.05 bits per heavy atom. The number of nitrogens with one attached hydrogen (secondary N) is 2. The molecule has 0 spiro atoms. The Balaban J connectivity index is 2.09. The van der Waals surface area contributed by atoms with Gasteiger partial charge in [0.1, 0.15) is 23.1 Å². The zero-order chi connectivity index (χ0) is 16.3. The SMILES string of the molecule is N#Cc1ccc(CNC(=O)c2ccc(C(F)(F)F)c(=O)[nH]2)o1.